The maximum absolute atomic E-state index is 13.3. The smallest absolute Gasteiger partial charge is 0.284 e. The molecule has 0 fully saturated rings. The predicted molar refractivity (Wildman–Crippen MR) is 111 cm³/mol. The average molecular weight is 389 g/mol. The first kappa shape index (κ1) is 18.0. The third-order valence-corrected chi connectivity index (χ3v) is 5.94. The highest BCUT2D eigenvalue weighted by Crippen LogP contribution is 2.27. The number of nitrogens with one attached hydrogen (secondary N) is 1. The molecule has 0 amide bonds. The van der Waals surface area contributed by atoms with Gasteiger partial charge in [0.2, 0.25) is 0 Å². The largest absolute Gasteiger partial charge is 0.339 e. The minimum atomic E-state index is -3.85. The molecule has 0 saturated carbocycles. The lowest BCUT2D eigenvalue weighted by molar-refractivity contribution is 0.581. The van der Waals surface area contributed by atoms with Gasteiger partial charge in [0, 0.05) is 17.3 Å². The Morgan fingerprint density at radius 2 is 1.43 bits per heavy atom. The first-order chi connectivity index (χ1) is 13.5. The van der Waals surface area contributed by atoms with Crippen LogP contribution in [0.3, 0.4) is 0 Å². The Kier molecular flexibility index (Phi) is 4.71. The maximum Gasteiger partial charge on any atom is 0.284 e. The lowest BCUT2D eigenvalue weighted by Crippen LogP contribution is -2.16. The number of anilines is 2. The van der Waals surface area contributed by atoms with Gasteiger partial charge < -0.3 is 5.32 Å². The molecule has 0 aliphatic heterocycles. The van der Waals surface area contributed by atoms with Crippen LogP contribution in [-0.4, -0.2) is 17.6 Å². The molecule has 4 rings (SSSR count). The zero-order valence-electron chi connectivity index (χ0n) is 15.3. The summed E-state index contributed by atoms with van der Waals surface area (Å²) in [6, 6.07) is 27.4. The second-order valence-corrected chi connectivity index (χ2v) is 8.20. The fourth-order valence-corrected chi connectivity index (χ4v) is 4.09. The van der Waals surface area contributed by atoms with Crippen molar-refractivity contribution in [2.24, 2.45) is 0 Å². The lowest BCUT2D eigenvalue weighted by Gasteiger charge is -2.10. The summed E-state index contributed by atoms with van der Waals surface area (Å²) in [5.41, 5.74) is 3.19. The summed E-state index contributed by atoms with van der Waals surface area (Å²) in [6.45, 7) is 1.92. The lowest BCUT2D eigenvalue weighted by atomic mass is 10.1. The van der Waals surface area contributed by atoms with Crippen LogP contribution in [0.4, 0.5) is 11.5 Å². The van der Waals surface area contributed by atoms with Crippen LogP contribution in [0.2, 0.25) is 0 Å². The van der Waals surface area contributed by atoms with E-state index < -0.39 is 10.0 Å². The van der Waals surface area contributed by atoms with E-state index in [0.29, 0.717) is 11.5 Å². The molecule has 1 aromatic heterocycles. The molecular weight excluding hydrogens is 370 g/mol. The van der Waals surface area contributed by atoms with Crippen LogP contribution in [0, 0.1) is 6.92 Å². The molecule has 140 valence electrons. The van der Waals surface area contributed by atoms with E-state index in [1.165, 1.54) is 0 Å². The number of aryl methyl sites for hydroxylation is 1. The van der Waals surface area contributed by atoms with E-state index in [-0.39, 0.29) is 4.90 Å². The van der Waals surface area contributed by atoms with Crippen molar-refractivity contribution in [3.63, 3.8) is 0 Å². The Morgan fingerprint density at radius 1 is 0.821 bits per heavy atom. The Bertz CT molecular complexity index is 1180. The molecule has 3 aromatic carbocycles. The van der Waals surface area contributed by atoms with Crippen LogP contribution >= 0.6 is 0 Å². The highest BCUT2D eigenvalue weighted by molar-refractivity contribution is 7.90. The topological polar surface area (TPSA) is 64.0 Å². The van der Waals surface area contributed by atoms with Crippen LogP contribution in [0.5, 0.6) is 0 Å². The zero-order chi connectivity index (χ0) is 19.6. The van der Waals surface area contributed by atoms with E-state index in [0.717, 1.165) is 20.9 Å². The van der Waals surface area contributed by atoms with Gasteiger partial charge in [-0.25, -0.2) is 0 Å². The predicted octanol–water partition coefficient (Wildman–Crippen LogP) is 4.84. The highest BCUT2D eigenvalue weighted by atomic mass is 32.2. The normalized spacial score (nSPS) is 11.3. The van der Waals surface area contributed by atoms with Crippen LogP contribution < -0.4 is 5.32 Å². The molecule has 0 aliphatic carbocycles. The Balaban J connectivity index is 1.84. The second kappa shape index (κ2) is 7.32. The minimum Gasteiger partial charge on any atom is -0.339 e. The number of nitrogens with zero attached hydrogens (tertiary/aromatic N) is 2. The number of para-hydroxylation sites is 1. The van der Waals surface area contributed by atoms with Gasteiger partial charge in [0.15, 0.2) is 0 Å². The van der Waals surface area contributed by atoms with Crippen molar-refractivity contribution in [1.82, 2.24) is 9.19 Å². The summed E-state index contributed by atoms with van der Waals surface area (Å²) in [5.74, 6) is 0.380. The van der Waals surface area contributed by atoms with Crippen molar-refractivity contribution in [2.45, 2.75) is 11.8 Å². The zero-order valence-corrected chi connectivity index (χ0v) is 16.1. The summed E-state index contributed by atoms with van der Waals surface area (Å²) < 4.78 is 27.6. The average Bonchev–Trinajstić information content (AvgIpc) is 3.14. The van der Waals surface area contributed by atoms with Gasteiger partial charge in [0.25, 0.3) is 10.0 Å². The van der Waals surface area contributed by atoms with E-state index in [4.69, 9.17) is 0 Å². The fraction of sp³-hybridized carbons (Fsp3) is 0.0455. The van der Waals surface area contributed by atoms with Gasteiger partial charge in [-0.3, -0.25) is 0 Å². The fourth-order valence-electron chi connectivity index (χ4n) is 2.86. The van der Waals surface area contributed by atoms with Gasteiger partial charge in [-0.05, 0) is 31.2 Å². The van der Waals surface area contributed by atoms with Gasteiger partial charge in [0.05, 0.1) is 10.6 Å². The number of aromatic nitrogens is 2. The summed E-state index contributed by atoms with van der Waals surface area (Å²) in [4.78, 5) is 0.192. The SMILES string of the molecule is Cc1ccc(S(=O)(=O)n2nc(-c3ccccc3)cc2Nc2ccccc2)cc1. The molecule has 28 heavy (non-hydrogen) atoms. The molecule has 1 heterocycles. The Labute approximate surface area is 164 Å². The van der Waals surface area contributed by atoms with E-state index in [2.05, 4.69) is 10.4 Å². The van der Waals surface area contributed by atoms with Crippen molar-refractivity contribution in [2.75, 3.05) is 5.32 Å². The molecule has 0 bridgehead atoms. The van der Waals surface area contributed by atoms with Crippen molar-refractivity contribution >= 4 is 21.5 Å². The van der Waals surface area contributed by atoms with Crippen LogP contribution in [0.25, 0.3) is 11.3 Å². The molecule has 0 radical (unpaired) electrons. The van der Waals surface area contributed by atoms with Gasteiger partial charge in [-0.1, -0.05) is 66.2 Å². The molecule has 1 N–H and O–H groups in total. The van der Waals surface area contributed by atoms with E-state index in [1.807, 2.05) is 67.6 Å². The van der Waals surface area contributed by atoms with Gasteiger partial charge in [-0.15, -0.1) is 4.09 Å². The molecule has 0 saturated heterocycles. The van der Waals surface area contributed by atoms with Gasteiger partial charge in [-0.2, -0.15) is 13.5 Å². The van der Waals surface area contributed by atoms with Gasteiger partial charge in [0.1, 0.15) is 5.82 Å². The summed E-state index contributed by atoms with van der Waals surface area (Å²) in [7, 11) is -3.85. The third-order valence-electron chi connectivity index (χ3n) is 4.34. The first-order valence-electron chi connectivity index (χ1n) is 8.84. The molecule has 6 heteroatoms. The maximum atomic E-state index is 13.3. The molecule has 5 nitrogen and oxygen atoms in total. The molecule has 0 atom stereocenters. The summed E-state index contributed by atoms with van der Waals surface area (Å²) in [5, 5.41) is 7.58. The van der Waals surface area contributed by atoms with Crippen LogP contribution in [-0.2, 0) is 10.0 Å². The van der Waals surface area contributed by atoms with Crippen molar-refractivity contribution in [1.29, 1.82) is 0 Å². The van der Waals surface area contributed by atoms with Crippen LogP contribution in [0.15, 0.2) is 95.9 Å². The van der Waals surface area contributed by atoms with Gasteiger partial charge >= 0.3 is 0 Å². The molecule has 0 spiro atoms. The quantitative estimate of drug-likeness (QED) is 0.530. The highest BCUT2D eigenvalue weighted by Gasteiger charge is 2.23. The van der Waals surface area contributed by atoms with E-state index in [9.17, 15) is 8.42 Å². The second-order valence-electron chi connectivity index (χ2n) is 6.43. The van der Waals surface area contributed by atoms with Crippen molar-refractivity contribution in [3.05, 3.63) is 96.6 Å². The third kappa shape index (κ3) is 3.54. The monoisotopic (exact) mass is 389 g/mol. The van der Waals surface area contributed by atoms with Crippen molar-refractivity contribution < 1.29 is 8.42 Å². The number of hydrogen-bond donors (Lipinski definition) is 1. The standard InChI is InChI=1S/C22H19N3O2S/c1-17-12-14-20(15-13-17)28(26,27)25-22(23-19-10-6-3-7-11-19)16-21(24-25)18-8-4-2-5-9-18/h2-16,23H,1H3. The van der Waals surface area contributed by atoms with E-state index >= 15 is 0 Å². The van der Waals surface area contributed by atoms with Crippen molar-refractivity contribution in [3.8, 4) is 11.3 Å². The molecular formula is C22H19N3O2S. The molecule has 0 unspecified atom stereocenters. The number of rotatable bonds is 5. The molecule has 0 aliphatic rings. The number of hydrogen-bond acceptors (Lipinski definition) is 4. The summed E-state index contributed by atoms with van der Waals surface area (Å²) >= 11 is 0. The summed E-state index contributed by atoms with van der Waals surface area (Å²) in [6.07, 6.45) is 0. The Hall–Kier alpha value is -3.38. The first-order valence-corrected chi connectivity index (χ1v) is 10.3. The number of benzene rings is 3. The molecule has 4 aromatic rings. The van der Waals surface area contributed by atoms with Crippen LogP contribution in [0.1, 0.15) is 5.56 Å². The Morgan fingerprint density at radius 3 is 2.07 bits per heavy atom. The minimum absolute atomic E-state index is 0.192. The van der Waals surface area contributed by atoms with E-state index in [1.54, 1.807) is 30.3 Å².